The van der Waals surface area contributed by atoms with E-state index in [0.717, 1.165) is 57.1 Å². The molecule has 6 atom stereocenters. The number of hydrogen-bond acceptors (Lipinski definition) is 2. The van der Waals surface area contributed by atoms with Crippen LogP contribution in [0, 0.1) is 11.8 Å². The molecule has 0 aliphatic heterocycles. The lowest BCUT2D eigenvalue weighted by atomic mass is 9.59. The van der Waals surface area contributed by atoms with Crippen molar-refractivity contribution in [3.8, 4) is 0 Å². The zero-order chi connectivity index (χ0) is 33.5. The molecule has 51 heavy (non-hydrogen) atoms. The van der Waals surface area contributed by atoms with Gasteiger partial charge in [-0.15, -0.1) is 0 Å². The van der Waals surface area contributed by atoms with Gasteiger partial charge in [-0.3, -0.25) is 0 Å². The fourth-order valence-corrected chi connectivity index (χ4v) is 12.3. The van der Waals surface area contributed by atoms with E-state index in [0.29, 0.717) is 23.8 Å². The van der Waals surface area contributed by atoms with E-state index >= 15 is 0 Å². The highest BCUT2D eigenvalue weighted by atomic mass is 16.3. The Morgan fingerprint density at radius 2 is 1.67 bits per heavy atom. The molecule has 1 spiro atoms. The second-order valence-electron chi connectivity index (χ2n) is 16.5. The summed E-state index contributed by atoms with van der Waals surface area (Å²) < 4.78 is 6.70. The normalized spacial score (nSPS) is 31.0. The summed E-state index contributed by atoms with van der Waals surface area (Å²) in [6.07, 6.45) is 40.1. The Balaban J connectivity index is 1.07. The van der Waals surface area contributed by atoms with Crippen LogP contribution in [0.5, 0.6) is 0 Å². The maximum Gasteiger partial charge on any atom is 0.132 e. The predicted molar refractivity (Wildman–Crippen MR) is 208 cm³/mol. The first kappa shape index (κ1) is 30.3. The van der Waals surface area contributed by atoms with E-state index in [2.05, 4.69) is 114 Å². The molecule has 8 aliphatic carbocycles. The molecule has 0 radical (unpaired) electrons. The van der Waals surface area contributed by atoms with Crippen LogP contribution in [0.15, 0.2) is 124 Å². The van der Waals surface area contributed by atoms with Crippen molar-refractivity contribution in [2.75, 3.05) is 0 Å². The van der Waals surface area contributed by atoms with Crippen LogP contribution in [-0.2, 0) is 18.3 Å². The Labute approximate surface area is 303 Å². The van der Waals surface area contributed by atoms with Gasteiger partial charge in [-0.2, -0.15) is 0 Å². The molecule has 0 N–H and O–H groups in total. The Morgan fingerprint density at radius 3 is 2.61 bits per heavy atom. The summed E-state index contributed by atoms with van der Waals surface area (Å²) in [5, 5.41) is 0. The quantitative estimate of drug-likeness (QED) is 0.258. The van der Waals surface area contributed by atoms with Gasteiger partial charge in [0.25, 0.3) is 0 Å². The highest BCUT2D eigenvalue weighted by molar-refractivity contribution is 5.82. The van der Waals surface area contributed by atoms with Crippen molar-refractivity contribution in [3.05, 3.63) is 165 Å². The van der Waals surface area contributed by atoms with E-state index in [1.54, 1.807) is 27.8 Å². The minimum Gasteiger partial charge on any atom is -0.461 e. The van der Waals surface area contributed by atoms with Crippen molar-refractivity contribution in [2.45, 2.75) is 107 Å². The summed E-state index contributed by atoms with van der Waals surface area (Å²) in [5.41, 5.74) is 15.5. The Kier molecular flexibility index (Phi) is 7.06. The highest BCUT2D eigenvalue weighted by Crippen LogP contribution is 2.69. The minimum atomic E-state index is 0.0202. The summed E-state index contributed by atoms with van der Waals surface area (Å²) >= 11 is 0. The Morgan fingerprint density at radius 1 is 0.784 bits per heavy atom. The van der Waals surface area contributed by atoms with Crippen LogP contribution in [0.4, 0.5) is 0 Å². The molecule has 3 aromatic rings. The van der Waals surface area contributed by atoms with Crippen molar-refractivity contribution in [1.82, 2.24) is 4.90 Å². The van der Waals surface area contributed by atoms with E-state index in [4.69, 9.17) is 4.42 Å². The highest BCUT2D eigenvalue weighted by Gasteiger charge is 2.62. The van der Waals surface area contributed by atoms with Crippen molar-refractivity contribution in [3.63, 3.8) is 0 Å². The van der Waals surface area contributed by atoms with Gasteiger partial charge >= 0.3 is 0 Å². The molecule has 6 unspecified atom stereocenters. The van der Waals surface area contributed by atoms with E-state index in [-0.39, 0.29) is 11.5 Å². The van der Waals surface area contributed by atoms with Gasteiger partial charge in [0.1, 0.15) is 11.5 Å². The summed E-state index contributed by atoms with van der Waals surface area (Å²) in [7, 11) is 0. The van der Waals surface area contributed by atoms with Gasteiger partial charge in [-0.05, 0) is 146 Å². The lowest BCUT2D eigenvalue weighted by Gasteiger charge is -2.48. The van der Waals surface area contributed by atoms with Crippen LogP contribution in [0.3, 0.4) is 0 Å². The van der Waals surface area contributed by atoms with Gasteiger partial charge in [0.15, 0.2) is 0 Å². The zero-order valence-electron chi connectivity index (χ0n) is 29.8. The molecule has 0 bridgehead atoms. The minimum absolute atomic E-state index is 0.0202. The van der Waals surface area contributed by atoms with Gasteiger partial charge in [-0.25, -0.2) is 0 Å². The molecular weight excluding hydrogens is 619 g/mol. The molecule has 1 aromatic heterocycles. The monoisotopic (exact) mass is 667 g/mol. The van der Waals surface area contributed by atoms with Crippen LogP contribution >= 0.6 is 0 Å². The molecule has 8 aliphatic rings. The summed E-state index contributed by atoms with van der Waals surface area (Å²) in [6, 6.07) is 19.8. The van der Waals surface area contributed by atoms with Crippen LogP contribution < -0.4 is 0 Å². The molecule has 2 heteroatoms. The first-order chi connectivity index (χ1) is 25.3. The van der Waals surface area contributed by atoms with E-state index in [9.17, 15) is 0 Å². The van der Waals surface area contributed by atoms with E-state index in [1.165, 1.54) is 65.8 Å². The first-order valence-corrected chi connectivity index (χ1v) is 20.2. The van der Waals surface area contributed by atoms with E-state index < -0.39 is 0 Å². The maximum atomic E-state index is 6.70. The zero-order valence-corrected chi connectivity index (χ0v) is 29.8. The number of aryl methyl sites for hydroxylation is 1. The van der Waals surface area contributed by atoms with Gasteiger partial charge in [0.05, 0.1) is 6.04 Å². The lowest BCUT2D eigenvalue weighted by molar-refractivity contribution is 0.148. The lowest BCUT2D eigenvalue weighted by Crippen LogP contribution is -2.46. The number of fused-ring (bicyclic) bond motifs is 13. The Bertz CT molecular complexity index is 2140. The van der Waals surface area contributed by atoms with Crippen molar-refractivity contribution in [2.24, 2.45) is 11.8 Å². The molecular formula is C49H49NO. The third-order valence-corrected chi connectivity index (χ3v) is 14.2. The van der Waals surface area contributed by atoms with Crippen LogP contribution in [0.1, 0.15) is 127 Å². The molecule has 2 aromatic carbocycles. The van der Waals surface area contributed by atoms with Gasteiger partial charge in [0.2, 0.25) is 0 Å². The molecule has 256 valence electrons. The molecule has 0 amide bonds. The number of rotatable bonds is 4. The van der Waals surface area contributed by atoms with E-state index in [1.807, 2.05) is 0 Å². The maximum absolute atomic E-state index is 6.70. The molecule has 11 rings (SSSR count). The van der Waals surface area contributed by atoms with Gasteiger partial charge in [0, 0.05) is 35.1 Å². The predicted octanol–water partition coefficient (Wildman–Crippen LogP) is 12.0. The third kappa shape index (κ3) is 4.41. The van der Waals surface area contributed by atoms with Gasteiger partial charge < -0.3 is 9.32 Å². The molecule has 2 nitrogen and oxygen atoms in total. The van der Waals surface area contributed by atoms with Crippen molar-refractivity contribution >= 4 is 11.6 Å². The molecule has 1 heterocycles. The molecule has 0 saturated carbocycles. The number of furan rings is 1. The third-order valence-electron chi connectivity index (χ3n) is 14.2. The fraction of sp³-hybridized carbons (Fsp3) is 0.388. The smallest absolute Gasteiger partial charge is 0.132 e. The first-order valence-electron chi connectivity index (χ1n) is 20.2. The number of hydrogen-bond donors (Lipinski definition) is 0. The number of allylic oxidation sites excluding steroid dienone is 10. The summed E-state index contributed by atoms with van der Waals surface area (Å²) in [4.78, 5) is 2.91. The standard InChI is InChI=1S/C49H49NO/c1-2-14-32(15-3-1)33-16-12-17-34(30-33)50(45-25-13-27-47-48(45)40-21-7-11-26-46(40)51-47)35-28-29-39-38-20-6-10-24-43(38)49(44(39)31-35)41-22-8-4-18-36(41)37-19-5-9-23-42(37)49/h1-2,4,6,8,10,13-14,17-20,22,24,27-30,35,39,42,44-45H,3,5,7,9,11-12,15-16,21,23,25-26,31H2. The summed E-state index contributed by atoms with van der Waals surface area (Å²) in [6.45, 7) is 0. The second-order valence-corrected chi connectivity index (χ2v) is 16.5. The fourth-order valence-electron chi connectivity index (χ4n) is 12.3. The van der Waals surface area contributed by atoms with Crippen molar-refractivity contribution in [1.29, 1.82) is 0 Å². The number of nitrogens with zero attached hydrogens (tertiary/aromatic N) is 1. The number of benzene rings is 2. The van der Waals surface area contributed by atoms with Crippen molar-refractivity contribution < 1.29 is 4.42 Å². The SMILES string of the molecule is C1=CCCC(C2=CC(N(C3C=CC4c5ccccc5C5(c6ccccc6C6=CCCCC65)C4C3)C3CC=Cc4oc5c(c43)CCCC5)=CCC2)=C1. The molecule has 0 saturated heterocycles. The van der Waals surface area contributed by atoms with Crippen LogP contribution in [0.2, 0.25) is 0 Å². The Hall–Kier alpha value is -4.30. The topological polar surface area (TPSA) is 16.4 Å². The largest absolute Gasteiger partial charge is 0.461 e. The second kappa shape index (κ2) is 11.9. The summed E-state index contributed by atoms with van der Waals surface area (Å²) in [5.74, 6) is 3.91. The van der Waals surface area contributed by atoms with Crippen LogP contribution in [0.25, 0.3) is 11.6 Å². The molecule has 0 fully saturated rings. The van der Waals surface area contributed by atoms with Gasteiger partial charge in [-0.1, -0.05) is 97.1 Å². The van der Waals surface area contributed by atoms with Crippen LogP contribution in [-0.4, -0.2) is 10.9 Å². The average Bonchev–Trinajstić information content (AvgIpc) is 3.83. The average molecular weight is 668 g/mol.